The van der Waals surface area contributed by atoms with Crippen molar-refractivity contribution in [2.24, 2.45) is 11.3 Å². The van der Waals surface area contributed by atoms with Crippen molar-refractivity contribution in [3.05, 3.63) is 51.2 Å². The van der Waals surface area contributed by atoms with Gasteiger partial charge in [0.1, 0.15) is 5.92 Å². The summed E-state index contributed by atoms with van der Waals surface area (Å²) in [5.74, 6) is -1.15. The highest BCUT2D eigenvalue weighted by atomic mass is 32.1. The van der Waals surface area contributed by atoms with Gasteiger partial charge >= 0.3 is 0 Å². The first-order valence-corrected chi connectivity index (χ1v) is 8.35. The topological polar surface area (TPSA) is 96.0 Å². The molecule has 0 saturated heterocycles. The number of nitrogens with zero attached hydrogens (tertiary/aromatic N) is 2. The Bertz CT molecular complexity index is 849. The maximum atomic E-state index is 12.8. The number of ketones is 1. The van der Waals surface area contributed by atoms with Crippen LogP contribution in [0.5, 0.6) is 0 Å². The third-order valence-electron chi connectivity index (χ3n) is 4.72. The van der Waals surface area contributed by atoms with Crippen molar-refractivity contribution in [2.75, 3.05) is 0 Å². The van der Waals surface area contributed by atoms with E-state index in [-0.39, 0.29) is 16.9 Å². The molecule has 2 aliphatic rings. The normalized spacial score (nSPS) is 25.0. The number of nitrogens with one attached hydrogen (secondary N) is 1. The Balaban J connectivity index is 2.13. The van der Waals surface area contributed by atoms with E-state index in [9.17, 15) is 20.2 Å². The largest absolute Gasteiger partial charge is 0.352 e. The van der Waals surface area contributed by atoms with Crippen LogP contribution in [0, 0.1) is 32.8 Å². The quantitative estimate of drug-likeness (QED) is 0.496. The van der Waals surface area contributed by atoms with Gasteiger partial charge in [-0.25, -0.2) is 0 Å². The van der Waals surface area contributed by atoms with Crippen molar-refractivity contribution in [3.8, 4) is 6.07 Å². The Kier molecular flexibility index (Phi) is 4.17. The summed E-state index contributed by atoms with van der Waals surface area (Å²) < 4.78 is 0. The van der Waals surface area contributed by atoms with E-state index in [1.165, 1.54) is 12.1 Å². The van der Waals surface area contributed by atoms with Crippen molar-refractivity contribution in [1.82, 2.24) is 5.32 Å². The van der Waals surface area contributed by atoms with Crippen LogP contribution in [-0.4, -0.2) is 15.7 Å². The van der Waals surface area contributed by atoms with E-state index in [2.05, 4.69) is 11.4 Å². The highest BCUT2D eigenvalue weighted by Crippen LogP contribution is 2.46. The van der Waals surface area contributed by atoms with E-state index in [0.29, 0.717) is 29.0 Å². The highest BCUT2D eigenvalue weighted by molar-refractivity contribution is 7.80. The van der Waals surface area contributed by atoms with Crippen LogP contribution in [0.4, 0.5) is 5.69 Å². The second-order valence-electron chi connectivity index (χ2n) is 7.26. The summed E-state index contributed by atoms with van der Waals surface area (Å²) in [6, 6.07) is 8.20. The molecule has 0 aromatic heterocycles. The number of nitro groups is 1. The van der Waals surface area contributed by atoms with E-state index in [1.807, 2.05) is 13.8 Å². The van der Waals surface area contributed by atoms with Crippen LogP contribution < -0.4 is 5.32 Å². The number of carbonyl (C=O) groups excluding carboxylic acids is 1. The lowest BCUT2D eigenvalue weighted by Crippen LogP contribution is -2.44. The number of Topliss-reactive ketones (excluding diaryl/α,β-unsaturated/α-hetero) is 1. The van der Waals surface area contributed by atoms with Crippen LogP contribution in [0.15, 0.2) is 35.5 Å². The molecule has 0 bridgehead atoms. The van der Waals surface area contributed by atoms with Crippen molar-refractivity contribution >= 4 is 28.7 Å². The zero-order valence-electron chi connectivity index (χ0n) is 13.9. The van der Waals surface area contributed by atoms with E-state index in [4.69, 9.17) is 12.2 Å². The minimum Gasteiger partial charge on any atom is -0.352 e. The zero-order valence-corrected chi connectivity index (χ0v) is 14.7. The second kappa shape index (κ2) is 6.05. The second-order valence-corrected chi connectivity index (χ2v) is 7.70. The number of allylic oxidation sites excluding steroid dienone is 2. The number of nitro benzene ring substituents is 1. The SMILES string of the molecule is CC1(C)CC(=O)C2=C(C1)NC(=S)[C@@H](C#N)[C@H]2c1ccc([N+](=O)[O-])cc1. The molecule has 1 heterocycles. The van der Waals surface area contributed by atoms with Gasteiger partial charge < -0.3 is 5.32 Å². The first-order chi connectivity index (χ1) is 11.7. The van der Waals surface area contributed by atoms with Crippen LogP contribution in [-0.2, 0) is 4.79 Å². The molecular weight excluding hydrogens is 338 g/mol. The third-order valence-corrected chi connectivity index (χ3v) is 5.08. The molecule has 0 saturated carbocycles. The molecule has 7 heteroatoms. The maximum Gasteiger partial charge on any atom is 0.269 e. The van der Waals surface area contributed by atoms with Gasteiger partial charge in [-0.1, -0.05) is 38.2 Å². The fraction of sp³-hybridized carbons (Fsp3) is 0.389. The fourth-order valence-corrected chi connectivity index (χ4v) is 3.96. The smallest absolute Gasteiger partial charge is 0.269 e. The Hall–Kier alpha value is -2.59. The predicted octanol–water partition coefficient (Wildman–Crippen LogP) is 3.39. The number of carbonyl (C=O) groups is 1. The van der Waals surface area contributed by atoms with Crippen LogP contribution in [0.1, 0.15) is 38.2 Å². The molecule has 1 aromatic rings. The summed E-state index contributed by atoms with van der Waals surface area (Å²) >= 11 is 5.37. The molecule has 2 atom stereocenters. The average Bonchev–Trinajstić information content (AvgIpc) is 2.52. The molecule has 1 aromatic carbocycles. The summed E-state index contributed by atoms with van der Waals surface area (Å²) in [6.45, 7) is 4.05. The molecule has 128 valence electrons. The lowest BCUT2D eigenvalue weighted by Gasteiger charge is -2.40. The van der Waals surface area contributed by atoms with Gasteiger partial charge in [-0.2, -0.15) is 5.26 Å². The summed E-state index contributed by atoms with van der Waals surface area (Å²) in [4.78, 5) is 23.6. The average molecular weight is 355 g/mol. The Morgan fingerprint density at radius 3 is 2.52 bits per heavy atom. The number of non-ortho nitro benzene ring substituents is 1. The molecule has 1 aliphatic carbocycles. The first kappa shape index (κ1) is 17.2. The number of thiocarbonyl (C=S) groups is 1. The van der Waals surface area contributed by atoms with Crippen LogP contribution in [0.3, 0.4) is 0 Å². The standard InChI is InChI=1S/C18H17N3O3S/c1-18(2)7-13-16(14(22)8-18)15(12(9-19)17(25)20-13)10-3-5-11(6-4-10)21(23)24/h3-6,12,15H,7-8H2,1-2H3,(H,20,25)/t12-,15+/m0/s1. The molecule has 0 fully saturated rings. The molecule has 1 N–H and O–H groups in total. The fourth-order valence-electron chi connectivity index (χ4n) is 3.65. The van der Waals surface area contributed by atoms with Gasteiger partial charge in [0.25, 0.3) is 5.69 Å². The number of benzene rings is 1. The third kappa shape index (κ3) is 3.05. The maximum absolute atomic E-state index is 12.8. The predicted molar refractivity (Wildman–Crippen MR) is 95.7 cm³/mol. The zero-order chi connectivity index (χ0) is 18.4. The number of rotatable bonds is 2. The van der Waals surface area contributed by atoms with Gasteiger partial charge in [-0.3, -0.25) is 14.9 Å². The van der Waals surface area contributed by atoms with Gasteiger partial charge in [0, 0.05) is 35.7 Å². The van der Waals surface area contributed by atoms with Crippen LogP contribution in [0.2, 0.25) is 0 Å². The lowest BCUT2D eigenvalue weighted by atomic mass is 9.67. The van der Waals surface area contributed by atoms with E-state index in [0.717, 1.165) is 5.70 Å². The van der Waals surface area contributed by atoms with Gasteiger partial charge in [0.05, 0.1) is 16.0 Å². The minimum atomic E-state index is -0.666. The van der Waals surface area contributed by atoms with Gasteiger partial charge in [0.2, 0.25) is 0 Å². The molecular formula is C18H17N3O3S. The summed E-state index contributed by atoms with van der Waals surface area (Å²) in [6.07, 6.45) is 1.08. The summed E-state index contributed by atoms with van der Waals surface area (Å²) in [5.41, 5.74) is 1.87. The number of hydrogen-bond acceptors (Lipinski definition) is 5. The Labute approximate surface area is 150 Å². The van der Waals surface area contributed by atoms with Gasteiger partial charge in [-0.05, 0) is 17.4 Å². The Morgan fingerprint density at radius 2 is 1.96 bits per heavy atom. The first-order valence-electron chi connectivity index (χ1n) is 7.94. The van der Waals surface area contributed by atoms with Crippen LogP contribution in [0.25, 0.3) is 0 Å². The van der Waals surface area contributed by atoms with Crippen LogP contribution >= 0.6 is 12.2 Å². The van der Waals surface area contributed by atoms with Gasteiger partial charge in [0.15, 0.2) is 5.78 Å². The molecule has 3 rings (SSSR count). The monoisotopic (exact) mass is 355 g/mol. The minimum absolute atomic E-state index is 0.00449. The van der Waals surface area contributed by atoms with E-state index < -0.39 is 16.8 Å². The molecule has 25 heavy (non-hydrogen) atoms. The molecule has 0 spiro atoms. The van der Waals surface area contributed by atoms with E-state index in [1.54, 1.807) is 12.1 Å². The van der Waals surface area contributed by atoms with Crippen molar-refractivity contribution in [1.29, 1.82) is 5.26 Å². The summed E-state index contributed by atoms with van der Waals surface area (Å²) in [7, 11) is 0. The molecule has 0 amide bonds. The molecule has 0 radical (unpaired) electrons. The highest BCUT2D eigenvalue weighted by Gasteiger charge is 2.44. The van der Waals surface area contributed by atoms with Gasteiger partial charge in [-0.15, -0.1) is 0 Å². The molecule has 1 aliphatic heterocycles. The molecule has 6 nitrogen and oxygen atoms in total. The summed E-state index contributed by atoms with van der Waals surface area (Å²) in [5, 5.41) is 23.6. The van der Waals surface area contributed by atoms with E-state index >= 15 is 0 Å². The molecule has 0 unspecified atom stereocenters. The number of hydrogen-bond donors (Lipinski definition) is 1. The lowest BCUT2D eigenvalue weighted by molar-refractivity contribution is -0.384. The number of nitriles is 1. The van der Waals surface area contributed by atoms with Crippen molar-refractivity contribution < 1.29 is 9.72 Å². The van der Waals surface area contributed by atoms with Crippen molar-refractivity contribution in [3.63, 3.8) is 0 Å². The van der Waals surface area contributed by atoms with Crippen molar-refractivity contribution in [2.45, 2.75) is 32.6 Å². The Morgan fingerprint density at radius 1 is 1.32 bits per heavy atom.